The van der Waals surface area contributed by atoms with Crippen molar-refractivity contribution in [1.82, 2.24) is 9.80 Å². The Labute approximate surface area is 220 Å². The summed E-state index contributed by atoms with van der Waals surface area (Å²) in [4.78, 5) is 31.2. The third-order valence-electron chi connectivity index (χ3n) is 9.13. The van der Waals surface area contributed by atoms with Gasteiger partial charge in [-0.05, 0) is 48.9 Å². The summed E-state index contributed by atoms with van der Waals surface area (Å²) in [5, 5.41) is 31.3. The van der Waals surface area contributed by atoms with Gasteiger partial charge in [0.25, 0.3) is 0 Å². The number of phenols is 1. The van der Waals surface area contributed by atoms with Crippen molar-refractivity contribution < 1.29 is 34.0 Å². The van der Waals surface area contributed by atoms with Crippen molar-refractivity contribution in [2.24, 2.45) is 23.7 Å². The van der Waals surface area contributed by atoms with Crippen LogP contribution in [0.1, 0.15) is 42.9 Å². The highest BCUT2D eigenvalue weighted by Crippen LogP contribution is 2.58. The number of likely N-dealkylation sites (tertiary alicyclic amines) is 2. The van der Waals surface area contributed by atoms with Crippen molar-refractivity contribution in [1.29, 1.82) is 0 Å². The molecule has 4 fully saturated rings. The van der Waals surface area contributed by atoms with E-state index in [2.05, 4.69) is 17.0 Å². The largest absolute Gasteiger partial charge is 0.505 e. The highest BCUT2D eigenvalue weighted by Gasteiger charge is 2.67. The number of carbonyl (C=O) groups is 2. The van der Waals surface area contributed by atoms with E-state index in [0.29, 0.717) is 18.4 Å². The van der Waals surface area contributed by atoms with E-state index in [-0.39, 0.29) is 30.7 Å². The molecule has 1 saturated carbocycles. The molecule has 6 rings (SSSR count). The topological polar surface area (TPSA) is 111 Å². The highest BCUT2D eigenvalue weighted by atomic mass is 19.1. The van der Waals surface area contributed by atoms with Crippen LogP contribution >= 0.6 is 0 Å². The van der Waals surface area contributed by atoms with Gasteiger partial charge < -0.3 is 20.1 Å². The molecular weight excluding hydrogens is 491 g/mol. The maximum absolute atomic E-state index is 14.1. The molecule has 1 aliphatic carbocycles. The summed E-state index contributed by atoms with van der Waals surface area (Å²) < 4.78 is 20.1. The van der Waals surface area contributed by atoms with Gasteiger partial charge in [-0.2, -0.15) is 0 Å². The molecule has 3 N–H and O–H groups in total. The first-order chi connectivity index (χ1) is 18.3. The number of ether oxygens (including phenoxy) is 1. The lowest BCUT2D eigenvalue weighted by molar-refractivity contribution is -0.274. The minimum atomic E-state index is -1.81. The van der Waals surface area contributed by atoms with Crippen LogP contribution in [0.5, 0.6) is 5.75 Å². The van der Waals surface area contributed by atoms with Crippen LogP contribution in [-0.4, -0.2) is 68.5 Å². The number of halogens is 1. The van der Waals surface area contributed by atoms with Gasteiger partial charge >= 0.3 is 0 Å². The van der Waals surface area contributed by atoms with Crippen LogP contribution in [0.25, 0.3) is 0 Å². The molecule has 9 heteroatoms. The highest BCUT2D eigenvalue weighted by molar-refractivity contribution is 6.05. The molecule has 2 amide bonds. The van der Waals surface area contributed by atoms with E-state index in [1.54, 1.807) is 0 Å². The van der Waals surface area contributed by atoms with E-state index < -0.39 is 53.7 Å². The number of hydrogen-bond donors (Lipinski definition) is 3. The van der Waals surface area contributed by atoms with E-state index in [1.165, 1.54) is 22.6 Å². The Balaban J connectivity index is 1.20. The Morgan fingerprint density at radius 2 is 1.76 bits per heavy atom. The van der Waals surface area contributed by atoms with Gasteiger partial charge in [-0.15, -0.1) is 0 Å². The molecule has 3 saturated heterocycles. The van der Waals surface area contributed by atoms with Crippen LogP contribution in [0.4, 0.5) is 4.39 Å². The third kappa shape index (κ3) is 4.12. The number of imide groups is 1. The second-order valence-electron chi connectivity index (χ2n) is 11.2. The molecule has 8 nitrogen and oxygen atoms in total. The number of aliphatic hydroxyl groups excluding tert-OH is 1. The first-order valence-corrected chi connectivity index (χ1v) is 13.4. The Kier molecular flexibility index (Phi) is 6.50. The van der Waals surface area contributed by atoms with Crippen molar-refractivity contribution in [3.63, 3.8) is 0 Å². The van der Waals surface area contributed by atoms with Crippen LogP contribution in [0.2, 0.25) is 0 Å². The molecule has 0 spiro atoms. The van der Waals surface area contributed by atoms with E-state index in [0.717, 1.165) is 25.7 Å². The summed E-state index contributed by atoms with van der Waals surface area (Å²) in [6.45, 7) is 1.98. The molecule has 0 aromatic heterocycles. The second-order valence-corrected chi connectivity index (χ2v) is 11.2. The second kappa shape index (κ2) is 9.72. The van der Waals surface area contributed by atoms with E-state index >= 15 is 0 Å². The molecule has 0 unspecified atom stereocenters. The number of amides is 2. The summed E-state index contributed by atoms with van der Waals surface area (Å²) in [5.41, 5.74) is 1.65. The molecule has 3 aliphatic heterocycles. The molecule has 2 aromatic carbocycles. The molecule has 0 bridgehead atoms. The smallest absolute Gasteiger partial charge is 0.233 e. The number of carbonyl (C=O) groups excluding carboxylic acids is 2. The molecule has 4 aliphatic rings. The number of aliphatic hydroxyl groups is 2. The van der Waals surface area contributed by atoms with Crippen LogP contribution in [0, 0.1) is 29.5 Å². The standard InChI is InChI=1S/C29H33FN2O6/c30-23-12-18(6-7-24(23)34)25-14-22-26-21(13-19(16-33)29(22,37)38-25)27(35)32(28(26)36)20-8-10-31(11-9-20)15-17-4-2-1-3-5-17/h1-7,12,19-22,25-26,33-34,37H,8-11,13-16H2/t19-,21+,22+,25+,26+,29-/m1/s1. The average molecular weight is 525 g/mol. The van der Waals surface area contributed by atoms with Crippen molar-refractivity contribution >= 4 is 11.8 Å². The fourth-order valence-corrected chi connectivity index (χ4v) is 7.18. The fraction of sp³-hybridized carbons (Fsp3) is 0.517. The lowest BCUT2D eigenvalue weighted by Crippen LogP contribution is -2.54. The number of rotatable bonds is 5. The zero-order chi connectivity index (χ0) is 26.6. The van der Waals surface area contributed by atoms with Gasteiger partial charge in [-0.3, -0.25) is 19.4 Å². The minimum Gasteiger partial charge on any atom is -0.505 e. The van der Waals surface area contributed by atoms with Crippen LogP contribution < -0.4 is 0 Å². The first-order valence-electron chi connectivity index (χ1n) is 13.4. The number of hydrogen-bond acceptors (Lipinski definition) is 7. The fourth-order valence-electron chi connectivity index (χ4n) is 7.18. The molecular formula is C29H33FN2O6. The summed E-state index contributed by atoms with van der Waals surface area (Å²) in [6.07, 6.45) is 1.01. The lowest BCUT2D eigenvalue weighted by atomic mass is 9.64. The summed E-state index contributed by atoms with van der Waals surface area (Å²) >= 11 is 0. The lowest BCUT2D eigenvalue weighted by Gasteiger charge is -2.44. The van der Waals surface area contributed by atoms with Gasteiger partial charge in [0, 0.05) is 37.5 Å². The number of phenolic OH excluding ortho intramolecular Hbond substituents is 1. The van der Waals surface area contributed by atoms with Gasteiger partial charge in [-0.1, -0.05) is 36.4 Å². The quantitative estimate of drug-likeness (QED) is 0.516. The molecule has 2 aromatic rings. The van der Waals surface area contributed by atoms with Crippen molar-refractivity contribution in [3.05, 3.63) is 65.5 Å². The monoisotopic (exact) mass is 524 g/mol. The van der Waals surface area contributed by atoms with E-state index in [9.17, 15) is 29.3 Å². The Bertz CT molecular complexity index is 1220. The zero-order valence-corrected chi connectivity index (χ0v) is 21.1. The average Bonchev–Trinajstić information content (AvgIpc) is 3.40. The summed E-state index contributed by atoms with van der Waals surface area (Å²) in [5.74, 6) is -6.41. The van der Waals surface area contributed by atoms with Crippen LogP contribution in [-0.2, 0) is 20.9 Å². The summed E-state index contributed by atoms with van der Waals surface area (Å²) in [6, 6.07) is 13.9. The molecule has 202 valence electrons. The number of nitrogens with zero attached hydrogens (tertiary/aromatic N) is 2. The van der Waals surface area contributed by atoms with E-state index in [4.69, 9.17) is 4.74 Å². The van der Waals surface area contributed by atoms with Gasteiger partial charge in [0.2, 0.25) is 11.8 Å². The first kappa shape index (κ1) is 25.4. The predicted molar refractivity (Wildman–Crippen MR) is 134 cm³/mol. The zero-order valence-electron chi connectivity index (χ0n) is 21.1. The van der Waals surface area contributed by atoms with Gasteiger partial charge in [-0.25, -0.2) is 4.39 Å². The third-order valence-corrected chi connectivity index (χ3v) is 9.13. The maximum atomic E-state index is 14.1. The number of piperidine rings is 1. The predicted octanol–water partition coefficient (Wildman–Crippen LogP) is 2.58. The normalized spacial score (nSPS) is 34.0. The van der Waals surface area contributed by atoms with Crippen LogP contribution in [0.15, 0.2) is 48.5 Å². The van der Waals surface area contributed by atoms with Crippen molar-refractivity contribution in [2.75, 3.05) is 19.7 Å². The maximum Gasteiger partial charge on any atom is 0.233 e. The number of aromatic hydroxyl groups is 1. The van der Waals surface area contributed by atoms with Gasteiger partial charge in [0.05, 0.1) is 24.5 Å². The van der Waals surface area contributed by atoms with Gasteiger partial charge in [0.1, 0.15) is 0 Å². The SMILES string of the molecule is O=C1[C@H]2[C@H](C[C@H](CO)[C@@]3(O)O[C@H](c4ccc(O)c(F)c4)C[C@@H]23)C(=O)N1C1CCN(Cc2ccccc2)CC1. The van der Waals surface area contributed by atoms with Crippen molar-refractivity contribution in [3.8, 4) is 5.75 Å². The van der Waals surface area contributed by atoms with E-state index in [1.807, 2.05) is 18.2 Å². The van der Waals surface area contributed by atoms with Crippen LogP contribution in [0.3, 0.4) is 0 Å². The molecule has 3 heterocycles. The van der Waals surface area contributed by atoms with Gasteiger partial charge in [0.15, 0.2) is 17.4 Å². The number of benzene rings is 2. The van der Waals surface area contributed by atoms with Crippen molar-refractivity contribution in [2.45, 2.75) is 50.2 Å². The molecule has 0 radical (unpaired) electrons. The minimum absolute atomic E-state index is 0.152. The Hall–Kier alpha value is -2.85. The summed E-state index contributed by atoms with van der Waals surface area (Å²) in [7, 11) is 0. The molecule has 38 heavy (non-hydrogen) atoms. The number of fused-ring (bicyclic) bond motifs is 3. The molecule has 6 atom stereocenters. The Morgan fingerprint density at radius 1 is 1.03 bits per heavy atom. The Morgan fingerprint density at radius 3 is 2.45 bits per heavy atom.